The Morgan fingerprint density at radius 2 is 1.93 bits per heavy atom. The van der Waals surface area contributed by atoms with Gasteiger partial charge in [-0.15, -0.1) is 0 Å². The molecule has 2 saturated heterocycles. The number of rotatable bonds is 6. The van der Waals surface area contributed by atoms with Crippen molar-refractivity contribution in [2.45, 2.75) is 12.8 Å². The van der Waals surface area contributed by atoms with Crippen LogP contribution in [-0.4, -0.2) is 86.8 Å². The second-order valence-corrected chi connectivity index (χ2v) is 8.46. The van der Waals surface area contributed by atoms with E-state index in [1.54, 1.807) is 25.3 Å². The van der Waals surface area contributed by atoms with Gasteiger partial charge in [-0.1, -0.05) is 23.2 Å². The highest BCUT2D eigenvalue weighted by atomic mass is 35.5. The minimum atomic E-state index is -0.0820. The van der Waals surface area contributed by atoms with Gasteiger partial charge in [0.15, 0.2) is 0 Å². The lowest BCUT2D eigenvalue weighted by molar-refractivity contribution is 0.0842. The Morgan fingerprint density at radius 1 is 1.14 bits per heavy atom. The van der Waals surface area contributed by atoms with Crippen LogP contribution in [-0.2, 0) is 4.74 Å². The molecule has 2 aliphatic heterocycles. The van der Waals surface area contributed by atoms with E-state index in [1.165, 1.54) is 19.4 Å². The third-order valence-electron chi connectivity index (χ3n) is 5.56. The summed E-state index contributed by atoms with van der Waals surface area (Å²) in [5, 5.41) is 3.83. The zero-order valence-corrected chi connectivity index (χ0v) is 18.0. The molecule has 1 aromatic carbocycles. The van der Waals surface area contributed by atoms with Gasteiger partial charge in [0.25, 0.3) is 0 Å². The summed E-state index contributed by atoms with van der Waals surface area (Å²) in [5.74, 6) is 0.710. The Morgan fingerprint density at radius 3 is 2.64 bits per heavy atom. The third-order valence-corrected chi connectivity index (χ3v) is 6.30. The van der Waals surface area contributed by atoms with Crippen molar-refractivity contribution < 1.29 is 9.53 Å². The third kappa shape index (κ3) is 6.22. The number of hydrogen-bond donors (Lipinski definition) is 1. The predicted molar refractivity (Wildman–Crippen MR) is 115 cm³/mol. The summed E-state index contributed by atoms with van der Waals surface area (Å²) < 4.78 is 5.21. The van der Waals surface area contributed by atoms with E-state index in [0.29, 0.717) is 21.7 Å². The normalized spacial score (nSPS) is 21.7. The number of anilines is 1. The van der Waals surface area contributed by atoms with E-state index >= 15 is 0 Å². The molecule has 1 atom stereocenters. The molecule has 1 N–H and O–H groups in total. The molecule has 3 rings (SSSR count). The Kier molecular flexibility index (Phi) is 8.23. The predicted octanol–water partition coefficient (Wildman–Crippen LogP) is 3.50. The number of amides is 2. The lowest BCUT2D eigenvalue weighted by Gasteiger charge is -2.39. The lowest BCUT2D eigenvalue weighted by Crippen LogP contribution is -2.52. The first-order valence-corrected chi connectivity index (χ1v) is 10.8. The Balaban J connectivity index is 1.41. The van der Waals surface area contributed by atoms with Crippen molar-refractivity contribution in [2.75, 3.05) is 71.4 Å². The number of ether oxygens (including phenoxy) is 1. The molecule has 0 spiro atoms. The molecule has 28 heavy (non-hydrogen) atoms. The van der Waals surface area contributed by atoms with Crippen molar-refractivity contribution in [3.05, 3.63) is 28.2 Å². The fourth-order valence-corrected chi connectivity index (χ4v) is 4.30. The highest BCUT2D eigenvalue weighted by Gasteiger charge is 2.26. The number of nitrogens with zero attached hydrogens (tertiary/aromatic N) is 3. The molecule has 0 aromatic heterocycles. The smallest absolute Gasteiger partial charge is 0.321 e. The number of halogens is 2. The van der Waals surface area contributed by atoms with Crippen LogP contribution in [0.15, 0.2) is 18.2 Å². The van der Waals surface area contributed by atoms with Crippen LogP contribution in [0.3, 0.4) is 0 Å². The maximum atomic E-state index is 12.5. The van der Waals surface area contributed by atoms with Crippen LogP contribution in [0.25, 0.3) is 0 Å². The van der Waals surface area contributed by atoms with Crippen LogP contribution in [0, 0.1) is 5.92 Å². The molecule has 2 heterocycles. The van der Waals surface area contributed by atoms with Gasteiger partial charge in [-0.05, 0) is 43.5 Å². The molecule has 0 radical (unpaired) electrons. The lowest BCUT2D eigenvalue weighted by atomic mass is 9.97. The topological polar surface area (TPSA) is 48.1 Å². The Labute approximate surface area is 177 Å². The van der Waals surface area contributed by atoms with Crippen molar-refractivity contribution in [1.29, 1.82) is 0 Å². The summed E-state index contributed by atoms with van der Waals surface area (Å²) in [5.41, 5.74) is 0.667. The van der Waals surface area contributed by atoms with Crippen LogP contribution in [0.5, 0.6) is 0 Å². The first kappa shape index (κ1) is 21.7. The van der Waals surface area contributed by atoms with Gasteiger partial charge in [0.05, 0.1) is 16.7 Å². The summed E-state index contributed by atoms with van der Waals surface area (Å²) in [7, 11) is 1.76. The average molecular weight is 429 g/mol. The molecule has 8 heteroatoms. The number of carbonyl (C=O) groups excluding carboxylic acids is 1. The van der Waals surface area contributed by atoms with Gasteiger partial charge < -0.3 is 19.9 Å². The van der Waals surface area contributed by atoms with Gasteiger partial charge in [-0.2, -0.15) is 0 Å². The van der Waals surface area contributed by atoms with Gasteiger partial charge in [-0.3, -0.25) is 4.90 Å². The van der Waals surface area contributed by atoms with Gasteiger partial charge >= 0.3 is 6.03 Å². The van der Waals surface area contributed by atoms with Gasteiger partial charge in [0.2, 0.25) is 0 Å². The van der Waals surface area contributed by atoms with E-state index in [1.807, 2.05) is 4.90 Å². The summed E-state index contributed by atoms with van der Waals surface area (Å²) in [6, 6.07) is 5.05. The monoisotopic (exact) mass is 428 g/mol. The number of benzene rings is 1. The van der Waals surface area contributed by atoms with Crippen LogP contribution in [0.2, 0.25) is 10.0 Å². The highest BCUT2D eigenvalue weighted by molar-refractivity contribution is 6.42. The van der Waals surface area contributed by atoms with Crippen LogP contribution < -0.4 is 5.32 Å². The molecule has 0 bridgehead atoms. The Hall–Kier alpha value is -1.05. The van der Waals surface area contributed by atoms with Crippen LogP contribution in [0.4, 0.5) is 10.5 Å². The summed E-state index contributed by atoms with van der Waals surface area (Å²) in [4.78, 5) is 19.4. The molecular formula is C20H30Cl2N4O2. The van der Waals surface area contributed by atoms with E-state index in [2.05, 4.69) is 15.1 Å². The van der Waals surface area contributed by atoms with Gasteiger partial charge in [0.1, 0.15) is 0 Å². The maximum Gasteiger partial charge on any atom is 0.321 e. The molecule has 0 aliphatic carbocycles. The van der Waals surface area contributed by atoms with Gasteiger partial charge in [0, 0.05) is 58.6 Å². The first-order chi connectivity index (χ1) is 13.5. The Bertz CT molecular complexity index is 653. The van der Waals surface area contributed by atoms with E-state index in [9.17, 15) is 4.79 Å². The molecule has 0 unspecified atom stereocenters. The molecule has 2 amide bonds. The van der Waals surface area contributed by atoms with E-state index in [0.717, 1.165) is 52.4 Å². The van der Waals surface area contributed by atoms with E-state index in [4.69, 9.17) is 27.9 Å². The first-order valence-electron chi connectivity index (χ1n) is 10.00. The van der Waals surface area contributed by atoms with Crippen molar-refractivity contribution in [3.8, 4) is 0 Å². The largest absolute Gasteiger partial charge is 0.383 e. The zero-order valence-electron chi connectivity index (χ0n) is 16.5. The maximum absolute atomic E-state index is 12.5. The molecule has 2 aliphatic rings. The number of likely N-dealkylation sites (tertiary alicyclic amines) is 1. The number of nitrogens with one attached hydrogen (secondary N) is 1. The molecular weight excluding hydrogens is 399 g/mol. The van der Waals surface area contributed by atoms with Crippen molar-refractivity contribution in [3.63, 3.8) is 0 Å². The summed E-state index contributed by atoms with van der Waals surface area (Å²) in [6.45, 7) is 8.61. The number of piperidine rings is 1. The minimum Gasteiger partial charge on any atom is -0.383 e. The number of piperazine rings is 1. The SMILES string of the molecule is COCCN1CCC[C@@H](CN2CCN(C(=O)Nc3ccc(Cl)c(Cl)c3)CC2)C1. The molecule has 1 aromatic rings. The van der Waals surface area contributed by atoms with Crippen LogP contribution in [0.1, 0.15) is 12.8 Å². The van der Waals surface area contributed by atoms with E-state index < -0.39 is 0 Å². The second kappa shape index (κ2) is 10.6. The van der Waals surface area contributed by atoms with E-state index in [-0.39, 0.29) is 6.03 Å². The molecule has 156 valence electrons. The van der Waals surface area contributed by atoms with Gasteiger partial charge in [-0.25, -0.2) is 4.79 Å². The quantitative estimate of drug-likeness (QED) is 0.752. The second-order valence-electron chi connectivity index (χ2n) is 7.65. The fraction of sp³-hybridized carbons (Fsp3) is 0.650. The summed E-state index contributed by atoms with van der Waals surface area (Å²) in [6.07, 6.45) is 2.56. The molecule has 0 saturated carbocycles. The highest BCUT2D eigenvalue weighted by Crippen LogP contribution is 2.25. The number of carbonyl (C=O) groups is 1. The fourth-order valence-electron chi connectivity index (χ4n) is 4.00. The number of hydrogen-bond acceptors (Lipinski definition) is 4. The molecule has 6 nitrogen and oxygen atoms in total. The number of urea groups is 1. The standard InChI is InChI=1S/C20H30Cl2N4O2/c1-28-12-11-24-6-2-3-16(14-24)15-25-7-9-26(10-8-25)20(27)23-17-4-5-18(21)19(22)13-17/h4-5,13,16H,2-3,6-12,14-15H2,1H3,(H,23,27)/t16-/m1/s1. The average Bonchev–Trinajstić information content (AvgIpc) is 2.70. The van der Waals surface area contributed by atoms with Crippen molar-refractivity contribution in [2.24, 2.45) is 5.92 Å². The number of methoxy groups -OCH3 is 1. The van der Waals surface area contributed by atoms with Crippen molar-refractivity contribution >= 4 is 34.9 Å². The van der Waals surface area contributed by atoms with Crippen molar-refractivity contribution in [1.82, 2.24) is 14.7 Å². The van der Waals surface area contributed by atoms with Crippen LogP contribution >= 0.6 is 23.2 Å². The zero-order chi connectivity index (χ0) is 19.9. The minimum absolute atomic E-state index is 0.0820. The molecule has 2 fully saturated rings. The summed E-state index contributed by atoms with van der Waals surface area (Å²) >= 11 is 11.9.